The number of amides is 3. The summed E-state index contributed by atoms with van der Waals surface area (Å²) in [5.74, 6) is -0.415. The molecule has 0 unspecified atom stereocenters. The van der Waals surface area contributed by atoms with Crippen molar-refractivity contribution in [3.8, 4) is 0 Å². The first-order valence-corrected chi connectivity index (χ1v) is 7.10. The molecule has 0 saturated heterocycles. The molecule has 8 heteroatoms. The van der Waals surface area contributed by atoms with Crippen LogP contribution < -0.4 is 10.2 Å². The number of hydrogen-bond acceptors (Lipinski definition) is 4. The Labute approximate surface area is 136 Å². The van der Waals surface area contributed by atoms with Crippen LogP contribution in [-0.4, -0.2) is 27.2 Å². The second kappa shape index (κ2) is 6.07. The molecule has 0 saturated carbocycles. The van der Waals surface area contributed by atoms with Gasteiger partial charge in [0, 0.05) is 18.1 Å². The van der Waals surface area contributed by atoms with E-state index in [0.717, 1.165) is 16.0 Å². The van der Waals surface area contributed by atoms with Gasteiger partial charge < -0.3 is 5.32 Å². The maximum Gasteiger partial charge on any atom is 0.333 e. The van der Waals surface area contributed by atoms with Crippen molar-refractivity contribution in [1.29, 1.82) is 0 Å². The van der Waals surface area contributed by atoms with E-state index in [0.29, 0.717) is 23.4 Å². The minimum Gasteiger partial charge on any atom is -0.307 e. The van der Waals surface area contributed by atoms with Gasteiger partial charge in [-0.15, -0.1) is 0 Å². The summed E-state index contributed by atoms with van der Waals surface area (Å²) in [5.41, 5.74) is 2.08. The first-order chi connectivity index (χ1) is 11.5. The molecule has 0 aliphatic rings. The Kier molecular flexibility index (Phi) is 3.95. The van der Waals surface area contributed by atoms with E-state index in [1.165, 1.54) is 30.5 Å². The molecule has 0 bridgehead atoms. The molecule has 122 valence electrons. The number of benzene rings is 1. The second-order valence-electron chi connectivity index (χ2n) is 5.19. The van der Waals surface area contributed by atoms with Crippen molar-refractivity contribution in [2.75, 3.05) is 10.2 Å². The number of hydrogen-bond donors (Lipinski definition) is 1. The van der Waals surface area contributed by atoms with E-state index < -0.39 is 11.8 Å². The van der Waals surface area contributed by atoms with Crippen LogP contribution in [0.5, 0.6) is 0 Å². The third-order valence-electron chi connectivity index (χ3n) is 3.55. The number of fused-ring (bicyclic) bond motifs is 1. The first kappa shape index (κ1) is 15.6. The van der Waals surface area contributed by atoms with Gasteiger partial charge in [0.1, 0.15) is 5.82 Å². The average Bonchev–Trinajstić information content (AvgIpc) is 2.85. The number of imide groups is 1. The fraction of sp³-hybridized carbons (Fsp3) is 0.125. The van der Waals surface area contributed by atoms with E-state index in [2.05, 4.69) is 15.4 Å². The number of anilines is 2. The van der Waals surface area contributed by atoms with E-state index in [1.807, 2.05) is 6.92 Å². The molecule has 7 nitrogen and oxygen atoms in total. The van der Waals surface area contributed by atoms with Gasteiger partial charge in [-0.3, -0.25) is 9.48 Å². The lowest BCUT2D eigenvalue weighted by molar-refractivity contribution is -0.106. The van der Waals surface area contributed by atoms with E-state index in [9.17, 15) is 14.0 Å². The first-order valence-electron chi connectivity index (χ1n) is 7.10. The molecule has 24 heavy (non-hydrogen) atoms. The maximum absolute atomic E-state index is 12.9. The summed E-state index contributed by atoms with van der Waals surface area (Å²) in [6.07, 6.45) is 1.81. The van der Waals surface area contributed by atoms with Crippen molar-refractivity contribution < 1.29 is 14.0 Å². The third kappa shape index (κ3) is 2.81. The lowest BCUT2D eigenvalue weighted by atomic mass is 10.2. The molecule has 3 rings (SSSR count). The largest absolute Gasteiger partial charge is 0.333 e. The Balaban J connectivity index is 1.90. The molecular formula is C16H14FN5O2. The number of nitrogens with one attached hydrogen (secondary N) is 1. The molecule has 1 N–H and O–H groups in total. The zero-order valence-electron chi connectivity index (χ0n) is 13.0. The van der Waals surface area contributed by atoms with Crippen LogP contribution in [0.3, 0.4) is 0 Å². The lowest BCUT2D eigenvalue weighted by Crippen LogP contribution is -2.33. The number of carbonyl (C=O) groups is 2. The maximum atomic E-state index is 12.9. The molecule has 0 fully saturated rings. The van der Waals surface area contributed by atoms with Crippen LogP contribution in [0.4, 0.5) is 20.6 Å². The number of carbonyl (C=O) groups excluding carboxylic acids is 2. The molecule has 0 radical (unpaired) electrons. The zero-order valence-corrected chi connectivity index (χ0v) is 13.0. The van der Waals surface area contributed by atoms with E-state index >= 15 is 0 Å². The highest BCUT2D eigenvalue weighted by Crippen LogP contribution is 2.22. The number of halogens is 1. The van der Waals surface area contributed by atoms with Crippen molar-refractivity contribution >= 4 is 34.8 Å². The summed E-state index contributed by atoms with van der Waals surface area (Å²) in [5, 5.41) is 7.52. The average molecular weight is 327 g/mol. The number of rotatable bonds is 3. The van der Waals surface area contributed by atoms with Crippen molar-refractivity contribution in [3.05, 3.63) is 48.0 Å². The van der Waals surface area contributed by atoms with Gasteiger partial charge in [-0.1, -0.05) is 0 Å². The van der Waals surface area contributed by atoms with Gasteiger partial charge in [-0.25, -0.2) is 19.1 Å². The molecule has 2 aromatic heterocycles. The number of urea groups is 1. The molecule has 3 amide bonds. The lowest BCUT2D eigenvalue weighted by Gasteiger charge is -2.16. The van der Waals surface area contributed by atoms with E-state index in [4.69, 9.17) is 0 Å². The highest BCUT2D eigenvalue weighted by molar-refractivity contribution is 6.12. The number of aromatic nitrogens is 3. The predicted molar refractivity (Wildman–Crippen MR) is 87.2 cm³/mol. The van der Waals surface area contributed by atoms with Gasteiger partial charge >= 0.3 is 6.03 Å². The van der Waals surface area contributed by atoms with Crippen molar-refractivity contribution in [2.24, 2.45) is 7.05 Å². The fourth-order valence-electron chi connectivity index (χ4n) is 2.37. The van der Waals surface area contributed by atoms with Crippen LogP contribution in [0.15, 0.2) is 36.5 Å². The summed E-state index contributed by atoms with van der Waals surface area (Å²) in [6.45, 7) is 1.82. The zero-order chi connectivity index (χ0) is 17.3. The van der Waals surface area contributed by atoms with E-state index in [-0.39, 0.29) is 0 Å². The van der Waals surface area contributed by atoms with Crippen LogP contribution in [-0.2, 0) is 11.8 Å². The van der Waals surface area contributed by atoms with Gasteiger partial charge in [0.2, 0.25) is 6.41 Å². The summed E-state index contributed by atoms with van der Waals surface area (Å²) >= 11 is 0. The third-order valence-corrected chi connectivity index (χ3v) is 3.55. The molecule has 1 aromatic carbocycles. The molecule has 0 aliphatic carbocycles. The minimum absolute atomic E-state index is 0.313. The second-order valence-corrected chi connectivity index (χ2v) is 5.19. The Morgan fingerprint density at radius 1 is 1.33 bits per heavy atom. The Morgan fingerprint density at radius 3 is 2.71 bits per heavy atom. The summed E-state index contributed by atoms with van der Waals surface area (Å²) in [4.78, 5) is 28.8. The highest BCUT2D eigenvalue weighted by Gasteiger charge is 2.17. The standard InChI is InChI=1S/C16H14FN5O2/c1-10-14-7-13(8-18-15(14)21(2)20-10)22(9-23)16(24)19-12-5-3-11(17)4-6-12/h3-9H,1-2H3,(H,19,24). The molecular weight excluding hydrogens is 313 g/mol. The number of pyridine rings is 1. The topological polar surface area (TPSA) is 80.1 Å². The molecule has 0 spiro atoms. The van der Waals surface area contributed by atoms with Crippen LogP contribution in [0, 0.1) is 12.7 Å². The van der Waals surface area contributed by atoms with Crippen molar-refractivity contribution in [2.45, 2.75) is 6.92 Å². The van der Waals surface area contributed by atoms with Crippen LogP contribution in [0.1, 0.15) is 5.69 Å². The Hall–Kier alpha value is -3.29. The quantitative estimate of drug-likeness (QED) is 0.750. The molecule has 3 aromatic rings. The fourth-order valence-corrected chi connectivity index (χ4v) is 2.37. The SMILES string of the molecule is Cc1nn(C)c2ncc(N(C=O)C(=O)Nc3ccc(F)cc3)cc12. The van der Waals surface area contributed by atoms with Gasteiger partial charge in [-0.2, -0.15) is 5.10 Å². The summed E-state index contributed by atoms with van der Waals surface area (Å²) in [6, 6.07) is 6.25. The normalized spacial score (nSPS) is 10.6. The van der Waals surface area contributed by atoms with Crippen LogP contribution in [0.25, 0.3) is 11.0 Å². The summed E-state index contributed by atoms with van der Waals surface area (Å²) < 4.78 is 14.5. The Bertz CT molecular complexity index is 920. The van der Waals surface area contributed by atoms with Crippen LogP contribution >= 0.6 is 0 Å². The van der Waals surface area contributed by atoms with Crippen molar-refractivity contribution in [1.82, 2.24) is 14.8 Å². The van der Waals surface area contributed by atoms with Gasteiger partial charge in [0.15, 0.2) is 5.65 Å². The Morgan fingerprint density at radius 2 is 2.04 bits per heavy atom. The number of nitrogens with zero attached hydrogens (tertiary/aromatic N) is 4. The highest BCUT2D eigenvalue weighted by atomic mass is 19.1. The van der Waals surface area contributed by atoms with Crippen molar-refractivity contribution in [3.63, 3.8) is 0 Å². The predicted octanol–water partition coefficient (Wildman–Crippen LogP) is 2.61. The minimum atomic E-state index is -0.667. The summed E-state index contributed by atoms with van der Waals surface area (Å²) in [7, 11) is 1.76. The van der Waals surface area contributed by atoms with Gasteiger partial charge in [0.25, 0.3) is 0 Å². The van der Waals surface area contributed by atoms with E-state index in [1.54, 1.807) is 17.8 Å². The molecule has 0 aliphatic heterocycles. The van der Waals surface area contributed by atoms with Gasteiger partial charge in [-0.05, 0) is 37.3 Å². The monoisotopic (exact) mass is 327 g/mol. The molecule has 0 atom stereocenters. The molecule has 2 heterocycles. The van der Waals surface area contributed by atoms with Gasteiger partial charge in [0.05, 0.1) is 17.6 Å². The van der Waals surface area contributed by atoms with Crippen LogP contribution in [0.2, 0.25) is 0 Å². The smallest absolute Gasteiger partial charge is 0.307 e. The number of aryl methyl sites for hydroxylation is 2.